The van der Waals surface area contributed by atoms with E-state index in [9.17, 15) is 4.79 Å². The number of hydrogen-bond acceptors (Lipinski definition) is 3. The Morgan fingerprint density at radius 2 is 1.88 bits per heavy atom. The predicted molar refractivity (Wildman–Crippen MR) is 101 cm³/mol. The molecule has 0 spiro atoms. The summed E-state index contributed by atoms with van der Waals surface area (Å²) in [5.41, 5.74) is 3.30. The van der Waals surface area contributed by atoms with Crippen LogP contribution in [0.2, 0.25) is 0 Å². The Kier molecular flexibility index (Phi) is 5.66. The Morgan fingerprint density at radius 1 is 1.12 bits per heavy atom. The second-order valence-corrected chi connectivity index (χ2v) is 6.80. The van der Waals surface area contributed by atoms with E-state index in [2.05, 4.69) is 41.2 Å². The van der Waals surface area contributed by atoms with Crippen molar-refractivity contribution in [1.29, 1.82) is 0 Å². The molecule has 1 N–H and O–H groups in total. The molecule has 5 heteroatoms. The molecule has 0 atom stereocenters. The van der Waals surface area contributed by atoms with Crippen molar-refractivity contribution in [2.75, 3.05) is 31.5 Å². The molecule has 2 amide bonds. The van der Waals surface area contributed by atoms with Gasteiger partial charge in [0.25, 0.3) is 0 Å². The summed E-state index contributed by atoms with van der Waals surface area (Å²) in [4.78, 5) is 21.0. The fraction of sp³-hybridized carbons (Fsp3) is 0.400. The number of benzene rings is 1. The van der Waals surface area contributed by atoms with Crippen LogP contribution in [0, 0.1) is 0 Å². The molecule has 1 fully saturated rings. The molecule has 1 aromatic heterocycles. The van der Waals surface area contributed by atoms with E-state index >= 15 is 0 Å². The van der Waals surface area contributed by atoms with Gasteiger partial charge in [-0.05, 0) is 29.2 Å². The van der Waals surface area contributed by atoms with Crippen LogP contribution in [0.5, 0.6) is 0 Å². The van der Waals surface area contributed by atoms with Gasteiger partial charge in [0.15, 0.2) is 0 Å². The van der Waals surface area contributed by atoms with E-state index in [1.54, 1.807) is 6.20 Å². The quantitative estimate of drug-likeness (QED) is 0.927. The van der Waals surface area contributed by atoms with Gasteiger partial charge in [-0.15, -0.1) is 0 Å². The van der Waals surface area contributed by atoms with Gasteiger partial charge in [0.1, 0.15) is 0 Å². The minimum atomic E-state index is -0.00544. The Bertz CT molecular complexity index is 694. The number of urea groups is 1. The summed E-state index contributed by atoms with van der Waals surface area (Å²) in [6, 6.07) is 12.1. The van der Waals surface area contributed by atoms with Gasteiger partial charge in [-0.3, -0.25) is 9.88 Å². The Balaban J connectivity index is 1.54. The number of rotatable bonds is 4. The minimum Gasteiger partial charge on any atom is -0.322 e. The molecule has 25 heavy (non-hydrogen) atoms. The zero-order valence-corrected chi connectivity index (χ0v) is 15.0. The van der Waals surface area contributed by atoms with E-state index in [1.807, 2.05) is 35.4 Å². The third kappa shape index (κ3) is 4.57. The molecule has 1 aliphatic heterocycles. The molecule has 0 radical (unpaired) electrons. The maximum Gasteiger partial charge on any atom is 0.321 e. The number of amides is 2. The SMILES string of the molecule is CC(C)c1ccccc1NC(=O)N1CCN(Cc2cccnc2)CC1. The predicted octanol–water partition coefficient (Wildman–Crippen LogP) is 3.55. The number of aromatic nitrogens is 1. The largest absolute Gasteiger partial charge is 0.322 e. The number of para-hydroxylation sites is 1. The van der Waals surface area contributed by atoms with Crippen LogP contribution in [0.4, 0.5) is 10.5 Å². The van der Waals surface area contributed by atoms with Crippen LogP contribution in [0.3, 0.4) is 0 Å². The second-order valence-electron chi connectivity index (χ2n) is 6.80. The molecular weight excluding hydrogens is 312 g/mol. The van der Waals surface area contributed by atoms with E-state index in [4.69, 9.17) is 0 Å². The van der Waals surface area contributed by atoms with Crippen molar-refractivity contribution >= 4 is 11.7 Å². The van der Waals surface area contributed by atoms with E-state index in [0.717, 1.165) is 38.4 Å². The number of nitrogens with one attached hydrogen (secondary N) is 1. The van der Waals surface area contributed by atoms with Gasteiger partial charge >= 0.3 is 6.03 Å². The van der Waals surface area contributed by atoms with Crippen LogP contribution in [-0.4, -0.2) is 47.0 Å². The van der Waals surface area contributed by atoms with Gasteiger partial charge in [-0.1, -0.05) is 38.1 Å². The first-order chi connectivity index (χ1) is 12.1. The lowest BCUT2D eigenvalue weighted by molar-refractivity contribution is 0.143. The lowest BCUT2D eigenvalue weighted by Gasteiger charge is -2.34. The van der Waals surface area contributed by atoms with Gasteiger partial charge in [0.2, 0.25) is 0 Å². The van der Waals surface area contributed by atoms with Crippen molar-refractivity contribution in [1.82, 2.24) is 14.8 Å². The summed E-state index contributed by atoms with van der Waals surface area (Å²) < 4.78 is 0. The molecule has 2 heterocycles. The molecule has 1 aliphatic rings. The third-order valence-corrected chi connectivity index (χ3v) is 4.61. The maximum absolute atomic E-state index is 12.6. The molecule has 1 saturated heterocycles. The zero-order chi connectivity index (χ0) is 17.6. The standard InChI is InChI=1S/C20H26N4O/c1-16(2)18-7-3-4-8-19(18)22-20(25)24-12-10-23(11-13-24)15-17-6-5-9-21-14-17/h3-9,14,16H,10-13,15H2,1-2H3,(H,22,25). The molecule has 0 aliphatic carbocycles. The monoisotopic (exact) mass is 338 g/mol. The first kappa shape index (κ1) is 17.4. The van der Waals surface area contributed by atoms with Crippen molar-refractivity contribution in [3.63, 3.8) is 0 Å². The highest BCUT2D eigenvalue weighted by molar-refractivity contribution is 5.90. The van der Waals surface area contributed by atoms with Gasteiger partial charge in [-0.2, -0.15) is 0 Å². The van der Waals surface area contributed by atoms with Gasteiger partial charge in [-0.25, -0.2) is 4.79 Å². The van der Waals surface area contributed by atoms with E-state index < -0.39 is 0 Å². The topological polar surface area (TPSA) is 48.5 Å². The van der Waals surface area contributed by atoms with Crippen molar-refractivity contribution in [2.45, 2.75) is 26.3 Å². The lowest BCUT2D eigenvalue weighted by Crippen LogP contribution is -2.49. The molecule has 0 saturated carbocycles. The van der Waals surface area contributed by atoms with Crippen LogP contribution in [0.1, 0.15) is 30.9 Å². The highest BCUT2D eigenvalue weighted by Crippen LogP contribution is 2.24. The van der Waals surface area contributed by atoms with Crippen molar-refractivity contribution < 1.29 is 4.79 Å². The van der Waals surface area contributed by atoms with Gasteiger partial charge in [0, 0.05) is 50.8 Å². The number of nitrogens with zero attached hydrogens (tertiary/aromatic N) is 3. The highest BCUT2D eigenvalue weighted by atomic mass is 16.2. The van der Waals surface area contributed by atoms with Crippen LogP contribution in [0.15, 0.2) is 48.8 Å². The molecule has 3 rings (SSSR count). The average Bonchev–Trinajstić information content (AvgIpc) is 2.63. The molecule has 0 unspecified atom stereocenters. The summed E-state index contributed by atoms with van der Waals surface area (Å²) >= 11 is 0. The molecule has 1 aromatic carbocycles. The normalized spacial score (nSPS) is 15.4. The first-order valence-corrected chi connectivity index (χ1v) is 8.89. The number of carbonyl (C=O) groups excluding carboxylic acids is 1. The van der Waals surface area contributed by atoms with Crippen LogP contribution >= 0.6 is 0 Å². The van der Waals surface area contributed by atoms with Crippen LogP contribution in [-0.2, 0) is 6.54 Å². The van der Waals surface area contributed by atoms with E-state index in [0.29, 0.717) is 5.92 Å². The number of piperazine rings is 1. The van der Waals surface area contributed by atoms with Crippen LogP contribution < -0.4 is 5.32 Å². The fourth-order valence-corrected chi connectivity index (χ4v) is 3.17. The minimum absolute atomic E-state index is 0.00544. The first-order valence-electron chi connectivity index (χ1n) is 8.89. The van der Waals surface area contributed by atoms with Gasteiger partial charge < -0.3 is 10.2 Å². The smallest absolute Gasteiger partial charge is 0.321 e. The Labute approximate surface area is 149 Å². The second kappa shape index (κ2) is 8.12. The van der Waals surface area contributed by atoms with E-state index in [1.165, 1.54) is 11.1 Å². The van der Waals surface area contributed by atoms with Crippen molar-refractivity contribution in [3.8, 4) is 0 Å². The van der Waals surface area contributed by atoms with Crippen molar-refractivity contribution in [3.05, 3.63) is 59.9 Å². The van der Waals surface area contributed by atoms with Crippen molar-refractivity contribution in [2.24, 2.45) is 0 Å². The van der Waals surface area contributed by atoms with Crippen LogP contribution in [0.25, 0.3) is 0 Å². The molecule has 5 nitrogen and oxygen atoms in total. The highest BCUT2D eigenvalue weighted by Gasteiger charge is 2.22. The average molecular weight is 338 g/mol. The third-order valence-electron chi connectivity index (χ3n) is 4.61. The lowest BCUT2D eigenvalue weighted by atomic mass is 10.0. The number of carbonyl (C=O) groups is 1. The number of anilines is 1. The summed E-state index contributed by atoms with van der Waals surface area (Å²) in [5.74, 6) is 0.382. The Morgan fingerprint density at radius 3 is 2.56 bits per heavy atom. The summed E-state index contributed by atoms with van der Waals surface area (Å²) in [6.45, 7) is 8.43. The number of hydrogen-bond donors (Lipinski definition) is 1. The summed E-state index contributed by atoms with van der Waals surface area (Å²) in [6.07, 6.45) is 3.70. The molecule has 0 bridgehead atoms. The molecule has 132 valence electrons. The molecule has 2 aromatic rings. The maximum atomic E-state index is 12.6. The Hall–Kier alpha value is -2.40. The number of pyridine rings is 1. The summed E-state index contributed by atoms with van der Waals surface area (Å²) in [5, 5.41) is 3.08. The van der Waals surface area contributed by atoms with E-state index in [-0.39, 0.29) is 6.03 Å². The zero-order valence-electron chi connectivity index (χ0n) is 15.0. The summed E-state index contributed by atoms with van der Waals surface area (Å²) in [7, 11) is 0. The molecular formula is C20H26N4O. The fourth-order valence-electron chi connectivity index (χ4n) is 3.17. The van der Waals surface area contributed by atoms with Gasteiger partial charge in [0.05, 0.1) is 0 Å².